The van der Waals surface area contributed by atoms with Gasteiger partial charge in [0.05, 0.1) is 0 Å². The largest absolute Gasteiger partial charge is 0.443 e. The number of oxazole rings is 1. The average molecular weight is 245 g/mol. The van der Waals surface area contributed by atoms with Crippen molar-refractivity contribution in [3.05, 3.63) is 30.2 Å². The molecule has 0 aliphatic carbocycles. The van der Waals surface area contributed by atoms with Crippen molar-refractivity contribution < 1.29 is 4.42 Å². The Morgan fingerprint density at radius 2 is 2.33 bits per heavy atom. The summed E-state index contributed by atoms with van der Waals surface area (Å²) in [6.07, 6.45) is 4.00. The highest BCUT2D eigenvalue weighted by atomic mass is 16.3. The van der Waals surface area contributed by atoms with Crippen LogP contribution in [0.1, 0.15) is 24.4 Å². The number of rotatable bonds is 3. The van der Waals surface area contributed by atoms with Crippen molar-refractivity contribution in [3.8, 4) is 0 Å². The second-order valence-corrected chi connectivity index (χ2v) is 5.19. The van der Waals surface area contributed by atoms with Crippen molar-refractivity contribution in [1.82, 2.24) is 15.2 Å². The van der Waals surface area contributed by atoms with Gasteiger partial charge in [0.15, 0.2) is 12.0 Å². The van der Waals surface area contributed by atoms with E-state index in [9.17, 15) is 0 Å². The van der Waals surface area contributed by atoms with Gasteiger partial charge in [-0.3, -0.25) is 0 Å². The highest BCUT2D eigenvalue weighted by molar-refractivity contribution is 5.72. The second kappa shape index (κ2) is 4.71. The molecule has 0 saturated carbocycles. The number of hydrogen-bond donors (Lipinski definition) is 1. The van der Waals surface area contributed by atoms with Crippen LogP contribution in [0.3, 0.4) is 0 Å². The molecule has 2 unspecified atom stereocenters. The Bertz CT molecular complexity index is 529. The predicted octanol–water partition coefficient (Wildman–Crippen LogP) is 2.18. The first-order valence-corrected chi connectivity index (χ1v) is 6.48. The minimum Gasteiger partial charge on any atom is -0.443 e. The zero-order valence-corrected chi connectivity index (χ0v) is 10.9. The summed E-state index contributed by atoms with van der Waals surface area (Å²) in [7, 11) is 4.27. The van der Waals surface area contributed by atoms with E-state index in [2.05, 4.69) is 41.4 Å². The molecule has 1 aliphatic heterocycles. The third-order valence-electron chi connectivity index (χ3n) is 3.73. The molecule has 0 spiro atoms. The van der Waals surface area contributed by atoms with Crippen molar-refractivity contribution in [2.24, 2.45) is 0 Å². The second-order valence-electron chi connectivity index (χ2n) is 5.19. The van der Waals surface area contributed by atoms with E-state index in [4.69, 9.17) is 4.42 Å². The summed E-state index contributed by atoms with van der Waals surface area (Å²) in [5.41, 5.74) is 3.09. The van der Waals surface area contributed by atoms with E-state index in [1.165, 1.54) is 24.8 Å². The van der Waals surface area contributed by atoms with Gasteiger partial charge in [0.25, 0.3) is 0 Å². The number of fused-ring (bicyclic) bond motifs is 1. The molecule has 1 aromatic carbocycles. The first-order chi connectivity index (χ1) is 8.75. The van der Waals surface area contributed by atoms with Crippen LogP contribution >= 0.6 is 0 Å². The molecular weight excluding hydrogens is 226 g/mol. The summed E-state index contributed by atoms with van der Waals surface area (Å²) >= 11 is 0. The SMILES string of the molecule is CN(C)C(c1ccc2ncoc2c1)C1CCCN1. The number of nitrogens with zero attached hydrogens (tertiary/aromatic N) is 2. The molecule has 18 heavy (non-hydrogen) atoms. The summed E-state index contributed by atoms with van der Waals surface area (Å²) in [4.78, 5) is 6.44. The summed E-state index contributed by atoms with van der Waals surface area (Å²) in [5.74, 6) is 0. The van der Waals surface area contributed by atoms with Crippen LogP contribution in [-0.2, 0) is 0 Å². The third-order valence-corrected chi connectivity index (χ3v) is 3.73. The van der Waals surface area contributed by atoms with Gasteiger partial charge in [-0.1, -0.05) is 6.07 Å². The zero-order chi connectivity index (χ0) is 12.5. The summed E-state index contributed by atoms with van der Waals surface area (Å²) in [6, 6.07) is 7.24. The van der Waals surface area contributed by atoms with Crippen molar-refractivity contribution >= 4 is 11.1 Å². The minimum absolute atomic E-state index is 0.391. The van der Waals surface area contributed by atoms with Gasteiger partial charge >= 0.3 is 0 Å². The number of benzene rings is 1. The van der Waals surface area contributed by atoms with E-state index in [0.717, 1.165) is 17.6 Å². The van der Waals surface area contributed by atoms with Crippen LogP contribution in [0.4, 0.5) is 0 Å². The maximum Gasteiger partial charge on any atom is 0.181 e. The van der Waals surface area contributed by atoms with Gasteiger partial charge in [-0.25, -0.2) is 4.98 Å². The predicted molar refractivity (Wildman–Crippen MR) is 71.5 cm³/mol. The average Bonchev–Trinajstić information content (AvgIpc) is 2.98. The Balaban J connectivity index is 1.97. The molecule has 2 atom stereocenters. The molecule has 1 saturated heterocycles. The van der Waals surface area contributed by atoms with E-state index < -0.39 is 0 Å². The normalized spacial score (nSPS) is 21.8. The van der Waals surface area contributed by atoms with Gasteiger partial charge in [-0.2, -0.15) is 0 Å². The van der Waals surface area contributed by atoms with E-state index in [0.29, 0.717) is 12.1 Å². The molecule has 4 heteroatoms. The van der Waals surface area contributed by atoms with Crippen LogP contribution in [0.5, 0.6) is 0 Å². The highest BCUT2D eigenvalue weighted by Crippen LogP contribution is 2.29. The Morgan fingerprint density at radius 1 is 1.44 bits per heavy atom. The standard InChI is InChI=1S/C14H19N3O/c1-17(2)14(12-4-3-7-15-12)10-5-6-11-13(8-10)18-9-16-11/h5-6,8-9,12,14-15H,3-4,7H2,1-2H3. The molecule has 0 bridgehead atoms. The molecule has 2 heterocycles. The quantitative estimate of drug-likeness (QED) is 0.900. The molecule has 0 amide bonds. The van der Waals surface area contributed by atoms with Crippen molar-refractivity contribution in [1.29, 1.82) is 0 Å². The fourth-order valence-electron chi connectivity index (χ4n) is 2.93. The van der Waals surface area contributed by atoms with Gasteiger partial charge in [0, 0.05) is 12.1 Å². The maximum absolute atomic E-state index is 5.40. The van der Waals surface area contributed by atoms with Crippen LogP contribution in [-0.4, -0.2) is 36.6 Å². The van der Waals surface area contributed by atoms with Crippen LogP contribution in [0.2, 0.25) is 0 Å². The molecule has 1 fully saturated rings. The fourth-order valence-corrected chi connectivity index (χ4v) is 2.93. The first kappa shape index (κ1) is 11.7. The number of hydrogen-bond acceptors (Lipinski definition) is 4. The number of aromatic nitrogens is 1. The molecule has 1 aromatic heterocycles. The number of likely N-dealkylation sites (N-methyl/N-ethyl adjacent to an activating group) is 1. The lowest BCUT2D eigenvalue weighted by Crippen LogP contribution is -2.37. The van der Waals surface area contributed by atoms with Crippen molar-refractivity contribution in [2.45, 2.75) is 24.9 Å². The molecule has 2 aromatic rings. The van der Waals surface area contributed by atoms with E-state index in [-0.39, 0.29) is 0 Å². The van der Waals surface area contributed by atoms with Crippen LogP contribution < -0.4 is 5.32 Å². The lowest BCUT2D eigenvalue weighted by atomic mass is 9.97. The monoisotopic (exact) mass is 245 g/mol. The lowest BCUT2D eigenvalue weighted by Gasteiger charge is -2.30. The van der Waals surface area contributed by atoms with Crippen molar-refractivity contribution in [3.63, 3.8) is 0 Å². The molecule has 0 radical (unpaired) electrons. The fraction of sp³-hybridized carbons (Fsp3) is 0.500. The zero-order valence-electron chi connectivity index (χ0n) is 10.9. The molecule has 1 N–H and O–H groups in total. The van der Waals surface area contributed by atoms with E-state index in [1.807, 2.05) is 6.07 Å². The van der Waals surface area contributed by atoms with Gasteiger partial charge in [0.2, 0.25) is 0 Å². The minimum atomic E-state index is 0.391. The molecule has 96 valence electrons. The lowest BCUT2D eigenvalue weighted by molar-refractivity contribution is 0.244. The Kier molecular flexibility index (Phi) is 3.06. The summed E-state index contributed by atoms with van der Waals surface area (Å²) in [6.45, 7) is 1.12. The summed E-state index contributed by atoms with van der Waals surface area (Å²) in [5, 5.41) is 3.59. The van der Waals surface area contributed by atoms with E-state index >= 15 is 0 Å². The maximum atomic E-state index is 5.40. The first-order valence-electron chi connectivity index (χ1n) is 6.48. The summed E-state index contributed by atoms with van der Waals surface area (Å²) < 4.78 is 5.40. The van der Waals surface area contributed by atoms with Gasteiger partial charge in [-0.15, -0.1) is 0 Å². The van der Waals surface area contributed by atoms with Gasteiger partial charge < -0.3 is 14.6 Å². The van der Waals surface area contributed by atoms with Crippen LogP contribution in [0, 0.1) is 0 Å². The Morgan fingerprint density at radius 3 is 3.06 bits per heavy atom. The topological polar surface area (TPSA) is 41.3 Å². The molecule has 3 rings (SSSR count). The number of nitrogens with one attached hydrogen (secondary N) is 1. The molecule has 4 nitrogen and oxygen atoms in total. The molecular formula is C14H19N3O. The smallest absolute Gasteiger partial charge is 0.181 e. The highest BCUT2D eigenvalue weighted by Gasteiger charge is 2.27. The third kappa shape index (κ3) is 2.02. The van der Waals surface area contributed by atoms with Gasteiger partial charge in [0.1, 0.15) is 5.52 Å². The van der Waals surface area contributed by atoms with Crippen LogP contribution in [0.15, 0.2) is 29.0 Å². The van der Waals surface area contributed by atoms with Crippen molar-refractivity contribution in [2.75, 3.05) is 20.6 Å². The van der Waals surface area contributed by atoms with E-state index in [1.54, 1.807) is 0 Å². The van der Waals surface area contributed by atoms with Gasteiger partial charge in [-0.05, 0) is 51.2 Å². The van der Waals surface area contributed by atoms with Crippen LogP contribution in [0.25, 0.3) is 11.1 Å². The Labute approximate surface area is 107 Å². The molecule has 1 aliphatic rings. The Hall–Kier alpha value is -1.39.